The van der Waals surface area contributed by atoms with Crippen molar-refractivity contribution in [2.75, 3.05) is 30.3 Å². The Morgan fingerprint density at radius 2 is 2.15 bits per heavy atom. The topological polar surface area (TPSA) is 75.8 Å². The molecule has 3 N–H and O–H groups in total. The highest BCUT2D eigenvalue weighted by Gasteiger charge is 2.25. The first-order valence-corrected chi connectivity index (χ1v) is 7.09. The van der Waals surface area contributed by atoms with Gasteiger partial charge in [-0.15, -0.1) is 0 Å². The fraction of sp³-hybridized carbons (Fsp3) is 0.500. The van der Waals surface area contributed by atoms with Crippen molar-refractivity contribution >= 4 is 28.9 Å². The normalized spacial score (nSPS) is 16.4. The van der Waals surface area contributed by atoms with E-state index in [0.717, 1.165) is 25.9 Å². The fourth-order valence-electron chi connectivity index (χ4n) is 2.59. The first-order valence-electron chi connectivity index (χ1n) is 6.71. The third-order valence-electron chi connectivity index (χ3n) is 3.48. The molecule has 1 heterocycles. The van der Waals surface area contributed by atoms with Crippen LogP contribution in [0.1, 0.15) is 30.1 Å². The lowest BCUT2D eigenvalue weighted by molar-refractivity contribution is 0.0459. The summed E-state index contributed by atoms with van der Waals surface area (Å²) in [5, 5.41) is 9.70. The summed E-state index contributed by atoms with van der Waals surface area (Å²) in [6, 6.07) is 3.05. The minimum absolute atomic E-state index is 0.157. The number of nitrogens with two attached hydrogens (primary N) is 1. The van der Waals surface area contributed by atoms with Gasteiger partial charge in [-0.1, -0.05) is 11.6 Å². The Bertz CT molecular complexity index is 499. The molecule has 0 saturated carbocycles. The Morgan fingerprint density at radius 3 is 2.70 bits per heavy atom. The van der Waals surface area contributed by atoms with Crippen LogP contribution < -0.4 is 10.6 Å². The Balaban J connectivity index is 2.23. The van der Waals surface area contributed by atoms with Gasteiger partial charge in [-0.25, -0.2) is 4.79 Å². The Kier molecular flexibility index (Phi) is 4.73. The molecule has 0 amide bonds. The SMILES string of the molecule is CCOC1CCN(c2c(Cl)cc(N)cc2C(=O)O)CC1. The number of carbonyl (C=O) groups is 1. The molecule has 0 unspecified atom stereocenters. The number of anilines is 2. The highest BCUT2D eigenvalue weighted by molar-refractivity contribution is 6.34. The summed E-state index contributed by atoms with van der Waals surface area (Å²) in [6.07, 6.45) is 1.98. The van der Waals surface area contributed by atoms with Gasteiger partial charge >= 0.3 is 5.97 Å². The molecule has 0 aliphatic carbocycles. The van der Waals surface area contributed by atoms with Crippen LogP contribution in [0.25, 0.3) is 0 Å². The van der Waals surface area contributed by atoms with Crippen LogP contribution in [0.5, 0.6) is 0 Å². The molecule has 20 heavy (non-hydrogen) atoms. The number of nitrogens with zero attached hydrogens (tertiary/aromatic N) is 1. The molecule has 1 aromatic rings. The first kappa shape index (κ1) is 14.9. The van der Waals surface area contributed by atoms with Gasteiger partial charge in [0.2, 0.25) is 0 Å². The van der Waals surface area contributed by atoms with E-state index in [1.165, 1.54) is 6.07 Å². The van der Waals surface area contributed by atoms with Gasteiger partial charge in [0.25, 0.3) is 0 Å². The molecule has 1 fully saturated rings. The van der Waals surface area contributed by atoms with Crippen LogP contribution in [-0.2, 0) is 4.74 Å². The molecule has 1 aliphatic rings. The van der Waals surface area contributed by atoms with Crippen LogP contribution in [0.4, 0.5) is 11.4 Å². The van der Waals surface area contributed by atoms with Gasteiger partial charge in [0, 0.05) is 25.4 Å². The minimum atomic E-state index is -1.01. The number of aromatic carboxylic acids is 1. The van der Waals surface area contributed by atoms with E-state index in [1.807, 2.05) is 11.8 Å². The van der Waals surface area contributed by atoms with E-state index in [-0.39, 0.29) is 11.7 Å². The highest BCUT2D eigenvalue weighted by Crippen LogP contribution is 2.34. The number of rotatable bonds is 4. The monoisotopic (exact) mass is 298 g/mol. The van der Waals surface area contributed by atoms with Gasteiger partial charge in [-0.05, 0) is 31.9 Å². The van der Waals surface area contributed by atoms with Crippen LogP contribution in [-0.4, -0.2) is 36.9 Å². The third kappa shape index (κ3) is 3.16. The smallest absolute Gasteiger partial charge is 0.337 e. The maximum absolute atomic E-state index is 11.4. The number of hydrogen-bond acceptors (Lipinski definition) is 4. The van der Waals surface area contributed by atoms with Crippen LogP contribution in [0.15, 0.2) is 12.1 Å². The van der Waals surface area contributed by atoms with Gasteiger partial charge in [0.1, 0.15) is 0 Å². The summed E-state index contributed by atoms with van der Waals surface area (Å²) in [5.41, 5.74) is 6.75. The summed E-state index contributed by atoms with van der Waals surface area (Å²) in [4.78, 5) is 13.4. The lowest BCUT2D eigenvalue weighted by atomic mass is 10.0. The number of ether oxygens (including phenoxy) is 1. The molecular weight excluding hydrogens is 280 g/mol. The number of piperidine rings is 1. The molecule has 110 valence electrons. The maximum Gasteiger partial charge on any atom is 0.337 e. The number of nitrogen functional groups attached to an aromatic ring is 1. The summed E-state index contributed by atoms with van der Waals surface area (Å²) >= 11 is 6.19. The van der Waals surface area contributed by atoms with E-state index < -0.39 is 5.97 Å². The van der Waals surface area contributed by atoms with Crippen LogP contribution in [0, 0.1) is 0 Å². The number of halogens is 1. The van der Waals surface area contributed by atoms with Crippen LogP contribution >= 0.6 is 11.6 Å². The second kappa shape index (κ2) is 6.33. The molecule has 0 atom stereocenters. The standard InChI is InChI=1S/C14H19ClN2O3/c1-2-20-10-3-5-17(6-4-10)13-11(14(18)19)7-9(16)8-12(13)15/h7-8,10H,2-6,16H2,1H3,(H,18,19). The number of hydrogen-bond donors (Lipinski definition) is 2. The summed E-state index contributed by atoms with van der Waals surface area (Å²) < 4.78 is 5.60. The second-order valence-electron chi connectivity index (χ2n) is 4.85. The van der Waals surface area contributed by atoms with Crippen molar-refractivity contribution < 1.29 is 14.6 Å². The number of carboxylic acids is 1. The quantitative estimate of drug-likeness (QED) is 0.836. The molecule has 1 aromatic carbocycles. The maximum atomic E-state index is 11.4. The number of carboxylic acid groups (broad SMARTS) is 1. The molecule has 0 aromatic heterocycles. The number of benzene rings is 1. The predicted molar refractivity (Wildman–Crippen MR) is 79.7 cm³/mol. The predicted octanol–water partition coefficient (Wildman–Crippen LogP) is 2.63. The molecular formula is C14H19ClN2O3. The van der Waals surface area contributed by atoms with Crippen molar-refractivity contribution in [1.29, 1.82) is 0 Å². The van der Waals surface area contributed by atoms with Gasteiger partial charge in [0.15, 0.2) is 0 Å². The third-order valence-corrected chi connectivity index (χ3v) is 3.76. The molecule has 0 spiro atoms. The zero-order valence-corrected chi connectivity index (χ0v) is 12.2. The molecule has 1 aliphatic heterocycles. The van der Waals surface area contributed by atoms with E-state index in [0.29, 0.717) is 23.0 Å². The van der Waals surface area contributed by atoms with Crippen molar-refractivity contribution in [3.63, 3.8) is 0 Å². The van der Waals surface area contributed by atoms with E-state index in [9.17, 15) is 9.90 Å². The Labute approximate surface area is 123 Å². The Hall–Kier alpha value is -1.46. The van der Waals surface area contributed by atoms with E-state index in [2.05, 4.69) is 0 Å². The zero-order chi connectivity index (χ0) is 14.7. The Morgan fingerprint density at radius 1 is 1.50 bits per heavy atom. The van der Waals surface area contributed by atoms with Crippen molar-refractivity contribution in [3.05, 3.63) is 22.7 Å². The average molecular weight is 299 g/mol. The second-order valence-corrected chi connectivity index (χ2v) is 5.25. The minimum Gasteiger partial charge on any atom is -0.478 e. The van der Waals surface area contributed by atoms with Gasteiger partial charge in [0.05, 0.1) is 22.4 Å². The molecule has 5 nitrogen and oxygen atoms in total. The molecule has 1 saturated heterocycles. The van der Waals surface area contributed by atoms with Crippen LogP contribution in [0.2, 0.25) is 5.02 Å². The first-order chi connectivity index (χ1) is 9.52. The largest absolute Gasteiger partial charge is 0.478 e. The molecule has 2 rings (SSSR count). The van der Waals surface area contributed by atoms with E-state index in [1.54, 1.807) is 6.07 Å². The lowest BCUT2D eigenvalue weighted by Gasteiger charge is -2.34. The van der Waals surface area contributed by atoms with Gasteiger partial charge in [-0.3, -0.25) is 0 Å². The molecule has 0 bridgehead atoms. The highest BCUT2D eigenvalue weighted by atomic mass is 35.5. The van der Waals surface area contributed by atoms with Crippen molar-refractivity contribution in [1.82, 2.24) is 0 Å². The van der Waals surface area contributed by atoms with E-state index >= 15 is 0 Å². The lowest BCUT2D eigenvalue weighted by Crippen LogP contribution is -2.38. The fourth-order valence-corrected chi connectivity index (χ4v) is 2.93. The van der Waals surface area contributed by atoms with E-state index in [4.69, 9.17) is 22.1 Å². The van der Waals surface area contributed by atoms with Gasteiger partial charge in [-0.2, -0.15) is 0 Å². The van der Waals surface area contributed by atoms with Crippen molar-refractivity contribution in [2.45, 2.75) is 25.9 Å². The molecule has 6 heteroatoms. The molecule has 0 radical (unpaired) electrons. The van der Waals surface area contributed by atoms with Crippen molar-refractivity contribution in [2.24, 2.45) is 0 Å². The zero-order valence-electron chi connectivity index (χ0n) is 11.4. The summed E-state index contributed by atoms with van der Waals surface area (Å²) in [7, 11) is 0. The van der Waals surface area contributed by atoms with Gasteiger partial charge < -0.3 is 20.5 Å². The average Bonchev–Trinajstić information content (AvgIpc) is 2.39. The summed E-state index contributed by atoms with van der Waals surface area (Å²) in [6.45, 7) is 4.14. The summed E-state index contributed by atoms with van der Waals surface area (Å²) in [5.74, 6) is -1.01. The van der Waals surface area contributed by atoms with Crippen molar-refractivity contribution in [3.8, 4) is 0 Å². The van der Waals surface area contributed by atoms with Crippen LogP contribution in [0.3, 0.4) is 0 Å².